The van der Waals surface area contributed by atoms with Crippen LogP contribution in [0.15, 0.2) is 81.0 Å². The van der Waals surface area contributed by atoms with Gasteiger partial charge in [-0.3, -0.25) is 0 Å². The van der Waals surface area contributed by atoms with Crippen LogP contribution in [0.3, 0.4) is 0 Å². The number of halogens is 12. The molecular weight excluding hydrogens is 760 g/mol. The molecule has 0 spiro atoms. The molecule has 2 aliphatic carbocycles. The first kappa shape index (κ1) is 39.2. The van der Waals surface area contributed by atoms with Crippen LogP contribution in [0.2, 0.25) is 0 Å². The van der Waals surface area contributed by atoms with Crippen molar-refractivity contribution in [3.63, 3.8) is 0 Å². The van der Waals surface area contributed by atoms with Gasteiger partial charge in [0.05, 0.1) is 11.1 Å². The van der Waals surface area contributed by atoms with E-state index in [4.69, 9.17) is 0 Å². The van der Waals surface area contributed by atoms with Gasteiger partial charge in [0.1, 0.15) is 70.6 Å². The molecule has 0 aliphatic heterocycles. The highest BCUT2D eigenvalue weighted by molar-refractivity contribution is 6.11. The van der Waals surface area contributed by atoms with Gasteiger partial charge in [0.2, 0.25) is 0 Å². The minimum absolute atomic E-state index is 0.107. The molecule has 0 aromatic heterocycles. The Balaban J connectivity index is 2.21. The Labute approximate surface area is 291 Å². The van der Waals surface area contributed by atoms with E-state index in [1.807, 2.05) is 0 Å². The monoisotopic (exact) mass is 766 g/mol. The second-order valence-electron chi connectivity index (χ2n) is 10.00. The van der Waals surface area contributed by atoms with Crippen molar-refractivity contribution in [3.8, 4) is 59.4 Å². The van der Waals surface area contributed by atoms with Crippen LogP contribution in [-0.2, 0) is 0 Å². The molecule has 0 amide bonds. The van der Waals surface area contributed by atoms with Gasteiger partial charge in [-0.1, -0.05) is 0 Å². The van der Waals surface area contributed by atoms with Crippen LogP contribution in [-0.4, -0.2) is 25.4 Å². The summed E-state index contributed by atoms with van der Waals surface area (Å²) in [4.78, 5) is 0. The van der Waals surface area contributed by atoms with Crippen molar-refractivity contribution in [2.75, 3.05) is 0 Å². The van der Waals surface area contributed by atoms with Gasteiger partial charge in [-0.05, 0) is 35.4 Å². The lowest BCUT2D eigenvalue weighted by Crippen LogP contribution is -2.19. The molecule has 10 nitrogen and oxygen atoms in total. The van der Waals surface area contributed by atoms with Gasteiger partial charge in [-0.2, -0.15) is 31.6 Å². The summed E-state index contributed by atoms with van der Waals surface area (Å²) >= 11 is 0. The van der Waals surface area contributed by atoms with Crippen LogP contribution in [0.25, 0.3) is 11.1 Å². The highest BCUT2D eigenvalue weighted by Crippen LogP contribution is 2.58. The van der Waals surface area contributed by atoms with Crippen LogP contribution in [0.1, 0.15) is 11.1 Å². The summed E-state index contributed by atoms with van der Waals surface area (Å²) in [5, 5.41) is 60.3. The number of alkyl halides is 12. The van der Waals surface area contributed by atoms with Crippen LogP contribution >= 0.6 is 0 Å². The predicted molar refractivity (Wildman–Crippen MR) is 148 cm³/mol. The zero-order chi connectivity index (χ0) is 40.6. The number of ether oxygens (including phenoxy) is 4. The zero-order valence-corrected chi connectivity index (χ0v) is 25.3. The topological polar surface area (TPSA) is 180 Å². The predicted octanol–water partition coefficient (Wildman–Crippen LogP) is 8.55. The Kier molecular flexibility index (Phi) is 10.1. The fraction of sp³-hybridized carbons (Fsp3) is 0.125. The zero-order valence-electron chi connectivity index (χ0n) is 25.3. The Bertz CT molecular complexity index is 2140. The first-order valence-electron chi connectivity index (χ1n) is 13.5. The van der Waals surface area contributed by atoms with E-state index in [9.17, 15) is 84.3 Å². The minimum Gasteiger partial charge on any atom is -0.406 e. The maximum atomic E-state index is 13.2. The van der Waals surface area contributed by atoms with Gasteiger partial charge in [0, 0.05) is 45.6 Å². The number of hydrogen-bond acceptors (Lipinski definition) is 10. The van der Waals surface area contributed by atoms with Crippen LogP contribution in [0.5, 0.6) is 23.0 Å². The Morgan fingerprint density at radius 1 is 0.389 bits per heavy atom. The molecular formula is C32H6F12N6O4. The van der Waals surface area contributed by atoms with Gasteiger partial charge in [0.25, 0.3) is 0 Å². The number of benzene rings is 2. The Morgan fingerprint density at radius 3 is 0.815 bits per heavy atom. The summed E-state index contributed by atoms with van der Waals surface area (Å²) in [6.45, 7) is 0. The SMILES string of the molecule is N#CC(C#N)=C1C2=C(C(C#N)=C1c1cc(OC(F)(F)F)cc(OC(F)(F)F)c1)C(=C(C#N)C#N)C(c1cc(OC(F)(F)F)cc(OC(F)(F)F)c1)=C2C#N. The Morgan fingerprint density at radius 2 is 0.630 bits per heavy atom. The third kappa shape index (κ3) is 8.31. The van der Waals surface area contributed by atoms with Gasteiger partial charge >= 0.3 is 25.4 Å². The van der Waals surface area contributed by atoms with E-state index >= 15 is 0 Å². The number of nitriles is 6. The molecule has 4 rings (SSSR count). The molecule has 2 aliphatic rings. The van der Waals surface area contributed by atoms with Crippen molar-refractivity contribution in [2.24, 2.45) is 0 Å². The quantitative estimate of drug-likeness (QED) is 0.204. The van der Waals surface area contributed by atoms with Crippen molar-refractivity contribution in [3.05, 3.63) is 92.1 Å². The molecule has 0 bridgehead atoms. The van der Waals surface area contributed by atoms with E-state index in [-0.39, 0.29) is 12.1 Å². The van der Waals surface area contributed by atoms with E-state index in [0.717, 1.165) is 0 Å². The maximum Gasteiger partial charge on any atom is 0.573 e. The number of allylic oxidation sites excluding steroid dienone is 10. The van der Waals surface area contributed by atoms with Gasteiger partial charge in [-0.15, -0.1) is 52.7 Å². The summed E-state index contributed by atoms with van der Waals surface area (Å²) in [5.41, 5.74) is -11.2. The lowest BCUT2D eigenvalue weighted by Gasteiger charge is -2.19. The third-order valence-corrected chi connectivity index (χ3v) is 6.69. The first-order valence-corrected chi connectivity index (χ1v) is 13.5. The summed E-state index contributed by atoms with van der Waals surface area (Å²) in [6, 6.07) is 10.1. The second kappa shape index (κ2) is 13.9. The van der Waals surface area contributed by atoms with Crippen molar-refractivity contribution < 1.29 is 71.6 Å². The summed E-state index contributed by atoms with van der Waals surface area (Å²) in [5.74, 6) is -5.70. The Hall–Kier alpha value is -7.56. The van der Waals surface area contributed by atoms with Crippen molar-refractivity contribution in [1.29, 1.82) is 31.6 Å². The molecule has 0 N–H and O–H groups in total. The molecule has 0 atom stereocenters. The fourth-order valence-electron chi connectivity index (χ4n) is 5.28. The molecule has 54 heavy (non-hydrogen) atoms. The molecule has 0 fully saturated rings. The average molecular weight is 766 g/mol. The number of hydrogen-bond donors (Lipinski definition) is 0. The van der Waals surface area contributed by atoms with Crippen LogP contribution < -0.4 is 18.9 Å². The highest BCUT2D eigenvalue weighted by atomic mass is 19.4. The lowest BCUT2D eigenvalue weighted by molar-refractivity contribution is -0.278. The summed E-state index contributed by atoms with van der Waals surface area (Å²) < 4.78 is 173. The standard InChI is InChI=1S/C32H6F12N6O4/c33-29(34,35)51-17-1-13(2-18(5-17)52-30(36,37)38)23-21(11-49)27-26(16(9-47)10-48)24(22(12-50)28(27)25(23)15(7-45)8-46)14-3-19(53-31(39,40)41)6-20(4-14)54-32(42,43)44/h1-6H. The van der Waals surface area contributed by atoms with E-state index < -0.39 is 115 Å². The minimum atomic E-state index is -5.56. The smallest absolute Gasteiger partial charge is 0.406 e. The van der Waals surface area contributed by atoms with Crippen molar-refractivity contribution in [2.45, 2.75) is 25.4 Å². The molecule has 0 heterocycles. The third-order valence-electron chi connectivity index (χ3n) is 6.69. The lowest BCUT2D eigenvalue weighted by atomic mass is 9.85. The van der Waals surface area contributed by atoms with Crippen molar-refractivity contribution >= 4 is 11.1 Å². The molecule has 22 heteroatoms. The van der Waals surface area contributed by atoms with Crippen molar-refractivity contribution in [1.82, 2.24) is 0 Å². The maximum absolute atomic E-state index is 13.2. The molecule has 0 saturated carbocycles. The second-order valence-corrected chi connectivity index (χ2v) is 10.00. The van der Waals surface area contributed by atoms with E-state index in [0.29, 0.717) is 24.3 Å². The average Bonchev–Trinajstić information content (AvgIpc) is 3.51. The molecule has 2 aromatic rings. The first-order chi connectivity index (χ1) is 25.0. The van der Waals surface area contributed by atoms with Gasteiger partial charge < -0.3 is 18.9 Å². The largest absolute Gasteiger partial charge is 0.573 e. The van der Waals surface area contributed by atoms with E-state index in [1.165, 1.54) is 36.4 Å². The molecule has 0 radical (unpaired) electrons. The van der Waals surface area contributed by atoms with Crippen LogP contribution in [0.4, 0.5) is 52.7 Å². The normalized spacial score (nSPS) is 14.3. The van der Waals surface area contributed by atoms with E-state index in [1.54, 1.807) is 0 Å². The molecule has 272 valence electrons. The van der Waals surface area contributed by atoms with E-state index in [2.05, 4.69) is 18.9 Å². The number of nitrogens with zero attached hydrogens (tertiary/aromatic N) is 6. The molecule has 0 saturated heterocycles. The molecule has 0 unspecified atom stereocenters. The highest BCUT2D eigenvalue weighted by Gasteiger charge is 2.45. The van der Waals surface area contributed by atoms with Gasteiger partial charge in [0.15, 0.2) is 0 Å². The summed E-state index contributed by atoms with van der Waals surface area (Å²) in [7, 11) is 0. The molecule has 2 aromatic carbocycles. The number of rotatable bonds is 6. The fourth-order valence-corrected chi connectivity index (χ4v) is 5.28. The van der Waals surface area contributed by atoms with Crippen LogP contribution in [0, 0.1) is 68.0 Å². The van der Waals surface area contributed by atoms with Gasteiger partial charge in [-0.25, -0.2) is 0 Å². The summed E-state index contributed by atoms with van der Waals surface area (Å²) in [6.07, 6.45) is -22.2.